The van der Waals surface area contributed by atoms with Crippen molar-refractivity contribution in [1.29, 1.82) is 5.41 Å². The molecule has 1 aromatic heterocycles. The third-order valence-corrected chi connectivity index (χ3v) is 1.76. The smallest absolute Gasteiger partial charge is 0.317 e. The van der Waals surface area contributed by atoms with E-state index in [2.05, 4.69) is 9.97 Å². The van der Waals surface area contributed by atoms with Crippen molar-refractivity contribution in [2.75, 3.05) is 13.2 Å². The van der Waals surface area contributed by atoms with Gasteiger partial charge in [-0.3, -0.25) is 5.41 Å². The second-order valence-electron chi connectivity index (χ2n) is 4.45. The summed E-state index contributed by atoms with van der Waals surface area (Å²) in [5.74, 6) is -0.108. The Morgan fingerprint density at radius 2 is 2.12 bits per heavy atom. The number of ether oxygens (including phenoxy) is 2. The van der Waals surface area contributed by atoms with Gasteiger partial charge >= 0.3 is 6.01 Å². The Morgan fingerprint density at radius 1 is 1.41 bits per heavy atom. The lowest BCUT2D eigenvalue weighted by atomic mass is 10.2. The van der Waals surface area contributed by atoms with Crippen molar-refractivity contribution < 1.29 is 9.47 Å². The van der Waals surface area contributed by atoms with Crippen molar-refractivity contribution >= 4 is 5.84 Å². The highest BCUT2D eigenvalue weighted by atomic mass is 16.5. The molecular formula is C11H18N4O2. The van der Waals surface area contributed by atoms with Crippen molar-refractivity contribution in [2.24, 2.45) is 5.73 Å². The van der Waals surface area contributed by atoms with Gasteiger partial charge in [0, 0.05) is 6.20 Å². The van der Waals surface area contributed by atoms with Crippen LogP contribution in [-0.2, 0) is 4.74 Å². The van der Waals surface area contributed by atoms with Gasteiger partial charge in [0.15, 0.2) is 0 Å². The van der Waals surface area contributed by atoms with Gasteiger partial charge in [-0.2, -0.15) is 4.98 Å². The van der Waals surface area contributed by atoms with E-state index in [-0.39, 0.29) is 17.4 Å². The molecule has 94 valence electrons. The molecule has 0 bridgehead atoms. The molecule has 1 heterocycles. The normalized spacial score (nSPS) is 11.2. The average molecular weight is 238 g/mol. The predicted molar refractivity (Wildman–Crippen MR) is 64.2 cm³/mol. The van der Waals surface area contributed by atoms with Gasteiger partial charge in [0.05, 0.1) is 12.2 Å². The fraction of sp³-hybridized carbons (Fsp3) is 0.545. The van der Waals surface area contributed by atoms with Crippen LogP contribution in [0.15, 0.2) is 12.3 Å². The van der Waals surface area contributed by atoms with Crippen LogP contribution in [0.5, 0.6) is 6.01 Å². The van der Waals surface area contributed by atoms with E-state index >= 15 is 0 Å². The molecule has 0 radical (unpaired) electrons. The largest absolute Gasteiger partial charge is 0.461 e. The van der Waals surface area contributed by atoms with Crippen LogP contribution in [0.2, 0.25) is 0 Å². The van der Waals surface area contributed by atoms with Crippen molar-refractivity contribution in [2.45, 2.75) is 26.4 Å². The zero-order valence-electron chi connectivity index (χ0n) is 10.4. The summed E-state index contributed by atoms with van der Waals surface area (Å²) in [6.45, 7) is 6.73. The summed E-state index contributed by atoms with van der Waals surface area (Å²) in [6.07, 6.45) is 1.50. The summed E-state index contributed by atoms with van der Waals surface area (Å²) in [6, 6.07) is 1.76. The Kier molecular flexibility index (Phi) is 4.39. The summed E-state index contributed by atoms with van der Waals surface area (Å²) >= 11 is 0. The maximum absolute atomic E-state index is 7.23. The molecule has 1 rings (SSSR count). The second-order valence-corrected chi connectivity index (χ2v) is 4.45. The minimum absolute atomic E-state index is 0.108. The van der Waals surface area contributed by atoms with Gasteiger partial charge in [-0.05, 0) is 26.8 Å². The van der Waals surface area contributed by atoms with Gasteiger partial charge in [0.2, 0.25) is 0 Å². The summed E-state index contributed by atoms with van der Waals surface area (Å²) in [4.78, 5) is 7.88. The SMILES string of the molecule is CC(C)(C)OCCOc1nccc(C(=N)N)n1. The fourth-order valence-corrected chi connectivity index (χ4v) is 1.04. The van der Waals surface area contributed by atoms with E-state index in [1.807, 2.05) is 20.8 Å². The number of nitrogens with one attached hydrogen (secondary N) is 1. The maximum atomic E-state index is 7.23. The third kappa shape index (κ3) is 5.26. The van der Waals surface area contributed by atoms with E-state index in [4.69, 9.17) is 20.6 Å². The average Bonchev–Trinajstić information content (AvgIpc) is 2.23. The monoisotopic (exact) mass is 238 g/mol. The highest BCUT2D eigenvalue weighted by molar-refractivity contribution is 5.92. The van der Waals surface area contributed by atoms with E-state index in [1.165, 1.54) is 6.20 Å². The van der Waals surface area contributed by atoms with E-state index in [0.29, 0.717) is 18.9 Å². The molecule has 0 aromatic carbocycles. The van der Waals surface area contributed by atoms with Gasteiger partial charge < -0.3 is 15.2 Å². The minimum atomic E-state index is -0.189. The van der Waals surface area contributed by atoms with Crippen molar-refractivity contribution in [1.82, 2.24) is 9.97 Å². The van der Waals surface area contributed by atoms with E-state index in [9.17, 15) is 0 Å². The molecule has 6 nitrogen and oxygen atoms in total. The Hall–Kier alpha value is -1.69. The molecular weight excluding hydrogens is 220 g/mol. The molecule has 0 fully saturated rings. The van der Waals surface area contributed by atoms with Gasteiger partial charge in [0.1, 0.15) is 18.1 Å². The van der Waals surface area contributed by atoms with Gasteiger partial charge in [-0.15, -0.1) is 0 Å². The topological polar surface area (TPSA) is 94.1 Å². The Balaban J connectivity index is 2.42. The molecule has 0 saturated heterocycles. The van der Waals surface area contributed by atoms with Crippen molar-refractivity contribution in [3.8, 4) is 6.01 Å². The molecule has 1 aromatic rings. The van der Waals surface area contributed by atoms with Crippen LogP contribution in [0.1, 0.15) is 26.5 Å². The number of nitrogens with zero attached hydrogens (tertiary/aromatic N) is 2. The van der Waals surface area contributed by atoms with Crippen LogP contribution in [0.4, 0.5) is 0 Å². The van der Waals surface area contributed by atoms with Crippen molar-refractivity contribution in [3.05, 3.63) is 18.0 Å². The van der Waals surface area contributed by atoms with E-state index in [0.717, 1.165) is 0 Å². The predicted octanol–water partition coefficient (Wildman–Crippen LogP) is 0.955. The molecule has 0 spiro atoms. The lowest BCUT2D eigenvalue weighted by Gasteiger charge is -2.19. The van der Waals surface area contributed by atoms with Crippen LogP contribution < -0.4 is 10.5 Å². The van der Waals surface area contributed by atoms with Gasteiger partial charge in [-0.1, -0.05) is 0 Å². The molecule has 3 N–H and O–H groups in total. The summed E-state index contributed by atoms with van der Waals surface area (Å²) < 4.78 is 10.8. The number of nitrogen functional groups attached to an aromatic ring is 1. The highest BCUT2D eigenvalue weighted by Gasteiger charge is 2.09. The number of hydrogen-bond acceptors (Lipinski definition) is 5. The zero-order valence-corrected chi connectivity index (χ0v) is 10.4. The van der Waals surface area contributed by atoms with E-state index < -0.39 is 0 Å². The van der Waals surface area contributed by atoms with Gasteiger partial charge in [0.25, 0.3) is 0 Å². The molecule has 6 heteroatoms. The number of rotatable bonds is 5. The Morgan fingerprint density at radius 3 is 2.71 bits per heavy atom. The molecule has 0 amide bonds. The number of aromatic nitrogens is 2. The molecule has 0 aliphatic rings. The highest BCUT2D eigenvalue weighted by Crippen LogP contribution is 2.07. The first-order valence-electron chi connectivity index (χ1n) is 5.33. The van der Waals surface area contributed by atoms with Crippen LogP contribution in [0.25, 0.3) is 0 Å². The first-order chi connectivity index (χ1) is 7.88. The molecule has 0 atom stereocenters. The lowest BCUT2D eigenvalue weighted by Crippen LogP contribution is -2.23. The van der Waals surface area contributed by atoms with Crippen LogP contribution in [0, 0.1) is 5.41 Å². The summed E-state index contributed by atoms with van der Waals surface area (Å²) in [5.41, 5.74) is 5.47. The van der Waals surface area contributed by atoms with Gasteiger partial charge in [-0.25, -0.2) is 4.98 Å². The summed E-state index contributed by atoms with van der Waals surface area (Å²) in [5, 5.41) is 7.23. The van der Waals surface area contributed by atoms with Crippen molar-refractivity contribution in [3.63, 3.8) is 0 Å². The van der Waals surface area contributed by atoms with Crippen LogP contribution >= 0.6 is 0 Å². The van der Waals surface area contributed by atoms with Crippen LogP contribution in [-0.4, -0.2) is 34.6 Å². The Bertz CT molecular complexity index is 387. The fourth-order valence-electron chi connectivity index (χ4n) is 1.04. The zero-order chi connectivity index (χ0) is 12.9. The van der Waals surface area contributed by atoms with E-state index in [1.54, 1.807) is 6.07 Å². The molecule has 0 unspecified atom stereocenters. The molecule has 0 saturated carbocycles. The maximum Gasteiger partial charge on any atom is 0.317 e. The molecule has 0 aliphatic heterocycles. The molecule has 17 heavy (non-hydrogen) atoms. The second kappa shape index (κ2) is 5.58. The van der Waals surface area contributed by atoms with Crippen LogP contribution in [0.3, 0.4) is 0 Å². The Labute approximate surface area is 101 Å². The standard InChI is InChI=1S/C11H18N4O2/c1-11(2,3)17-7-6-16-10-14-5-4-8(15-10)9(12)13/h4-5H,6-7H2,1-3H3,(H3,12,13). The molecule has 0 aliphatic carbocycles. The first kappa shape index (κ1) is 13.4. The number of amidine groups is 1. The lowest BCUT2D eigenvalue weighted by molar-refractivity contribution is -0.0173. The number of nitrogens with two attached hydrogens (primary N) is 1. The third-order valence-electron chi connectivity index (χ3n) is 1.76. The quantitative estimate of drug-likeness (QED) is 0.452. The minimum Gasteiger partial charge on any atom is -0.461 e. The first-order valence-corrected chi connectivity index (χ1v) is 5.33. The number of hydrogen-bond donors (Lipinski definition) is 2. The summed E-state index contributed by atoms with van der Waals surface area (Å²) in [7, 11) is 0.